The highest BCUT2D eigenvalue weighted by molar-refractivity contribution is 5.41. The van der Waals surface area contributed by atoms with Crippen LogP contribution in [0.1, 0.15) is 17.0 Å². The van der Waals surface area contributed by atoms with E-state index in [9.17, 15) is 13.2 Å². The molecule has 1 aliphatic heterocycles. The van der Waals surface area contributed by atoms with Crippen LogP contribution in [0.5, 0.6) is 0 Å². The molecule has 0 atom stereocenters. The topological polar surface area (TPSA) is 55.6 Å². The first-order chi connectivity index (χ1) is 9.05. The number of alkyl halides is 3. The number of aromatic nitrogens is 4. The number of halogens is 3. The van der Waals surface area contributed by atoms with Crippen molar-refractivity contribution in [3.8, 4) is 5.69 Å². The van der Waals surface area contributed by atoms with Gasteiger partial charge < -0.3 is 5.32 Å². The predicted molar refractivity (Wildman–Crippen MR) is 59.6 cm³/mol. The van der Waals surface area contributed by atoms with Crippen LogP contribution >= 0.6 is 0 Å². The van der Waals surface area contributed by atoms with E-state index in [1.165, 1.54) is 0 Å². The van der Waals surface area contributed by atoms with Crippen molar-refractivity contribution in [3.05, 3.63) is 35.2 Å². The van der Waals surface area contributed by atoms with Crippen molar-refractivity contribution in [3.63, 3.8) is 0 Å². The minimum Gasteiger partial charge on any atom is -0.312 e. The lowest BCUT2D eigenvalue weighted by Crippen LogP contribution is -2.24. The lowest BCUT2D eigenvalue weighted by Gasteiger charge is -2.18. The average Bonchev–Trinajstić information content (AvgIpc) is 2.87. The van der Waals surface area contributed by atoms with Crippen LogP contribution in [0, 0.1) is 0 Å². The van der Waals surface area contributed by atoms with Gasteiger partial charge >= 0.3 is 6.18 Å². The number of nitrogens with one attached hydrogen (secondary N) is 1. The Hall–Kier alpha value is -1.96. The van der Waals surface area contributed by atoms with E-state index in [0.717, 1.165) is 28.8 Å². The smallest absolute Gasteiger partial charge is 0.312 e. The summed E-state index contributed by atoms with van der Waals surface area (Å²) in [6.45, 7) is 1.53. The molecule has 0 unspecified atom stereocenters. The molecule has 19 heavy (non-hydrogen) atoms. The Morgan fingerprint density at radius 1 is 1.21 bits per heavy atom. The van der Waals surface area contributed by atoms with Crippen LogP contribution in [0.2, 0.25) is 0 Å². The molecule has 2 aromatic rings. The number of rotatable bonds is 1. The zero-order chi connectivity index (χ0) is 13.5. The maximum absolute atomic E-state index is 12.7. The van der Waals surface area contributed by atoms with Gasteiger partial charge in [-0.2, -0.15) is 17.9 Å². The summed E-state index contributed by atoms with van der Waals surface area (Å²) in [7, 11) is 0. The first-order valence-corrected chi connectivity index (χ1v) is 5.74. The first kappa shape index (κ1) is 12.1. The third-order valence-electron chi connectivity index (χ3n) is 3.04. The zero-order valence-electron chi connectivity index (χ0n) is 9.78. The molecule has 0 saturated heterocycles. The third kappa shape index (κ3) is 2.19. The van der Waals surface area contributed by atoms with Gasteiger partial charge in [-0.15, -0.1) is 5.10 Å². The van der Waals surface area contributed by atoms with Crippen LogP contribution in [0.4, 0.5) is 13.2 Å². The van der Waals surface area contributed by atoms with Crippen molar-refractivity contribution in [1.29, 1.82) is 0 Å². The summed E-state index contributed by atoms with van der Waals surface area (Å²) in [4.78, 5) is 0. The molecule has 1 aromatic heterocycles. The van der Waals surface area contributed by atoms with Gasteiger partial charge in [-0.3, -0.25) is 0 Å². The van der Waals surface area contributed by atoms with Gasteiger partial charge in [-0.05, 0) is 46.7 Å². The maximum atomic E-state index is 12.7. The quantitative estimate of drug-likeness (QED) is 0.848. The Morgan fingerprint density at radius 3 is 2.84 bits per heavy atom. The molecule has 0 saturated carbocycles. The molecule has 0 amide bonds. The van der Waals surface area contributed by atoms with Crippen molar-refractivity contribution in [2.75, 3.05) is 6.54 Å². The Balaban J connectivity index is 2.06. The maximum Gasteiger partial charge on any atom is 0.453 e. The van der Waals surface area contributed by atoms with Gasteiger partial charge in [0.25, 0.3) is 5.82 Å². The monoisotopic (exact) mass is 269 g/mol. The fraction of sp³-hybridized carbons (Fsp3) is 0.364. The number of fused-ring (bicyclic) bond motifs is 1. The largest absolute Gasteiger partial charge is 0.453 e. The summed E-state index contributed by atoms with van der Waals surface area (Å²) in [6, 6.07) is 5.12. The summed E-state index contributed by atoms with van der Waals surface area (Å²) < 4.78 is 38.9. The van der Waals surface area contributed by atoms with E-state index < -0.39 is 12.0 Å². The molecule has 5 nitrogen and oxygen atoms in total. The highest BCUT2D eigenvalue weighted by Gasteiger charge is 2.38. The summed E-state index contributed by atoms with van der Waals surface area (Å²) in [6.07, 6.45) is -3.70. The fourth-order valence-electron chi connectivity index (χ4n) is 2.14. The number of nitrogens with zero attached hydrogens (tertiary/aromatic N) is 4. The van der Waals surface area contributed by atoms with E-state index in [2.05, 4.69) is 20.8 Å². The predicted octanol–water partition coefficient (Wildman–Crippen LogP) is 1.33. The highest BCUT2D eigenvalue weighted by atomic mass is 19.4. The Morgan fingerprint density at radius 2 is 2.05 bits per heavy atom. The van der Waals surface area contributed by atoms with Crippen molar-refractivity contribution < 1.29 is 13.2 Å². The molecule has 0 fully saturated rings. The van der Waals surface area contributed by atoms with Crippen LogP contribution in [0.3, 0.4) is 0 Å². The Kier molecular flexibility index (Phi) is 2.74. The molecule has 0 radical (unpaired) electrons. The van der Waals surface area contributed by atoms with Crippen LogP contribution in [0.15, 0.2) is 18.2 Å². The van der Waals surface area contributed by atoms with Crippen LogP contribution in [0.25, 0.3) is 5.69 Å². The van der Waals surface area contributed by atoms with Crippen molar-refractivity contribution >= 4 is 0 Å². The molecular formula is C11H10F3N5. The number of benzene rings is 1. The van der Waals surface area contributed by atoms with E-state index in [1.54, 1.807) is 12.1 Å². The van der Waals surface area contributed by atoms with Crippen molar-refractivity contribution in [2.45, 2.75) is 19.1 Å². The van der Waals surface area contributed by atoms with Crippen molar-refractivity contribution in [1.82, 2.24) is 25.5 Å². The Labute approximate surface area is 106 Å². The van der Waals surface area contributed by atoms with Crippen molar-refractivity contribution in [2.24, 2.45) is 0 Å². The second-order valence-electron chi connectivity index (χ2n) is 4.29. The molecule has 1 aromatic carbocycles. The molecule has 100 valence electrons. The minimum absolute atomic E-state index is 0.319. The van der Waals surface area contributed by atoms with E-state index in [-0.39, 0.29) is 0 Å². The van der Waals surface area contributed by atoms with E-state index in [4.69, 9.17) is 0 Å². The molecule has 8 heteroatoms. The molecule has 0 aliphatic carbocycles. The highest BCUT2D eigenvalue weighted by Crippen LogP contribution is 2.29. The molecule has 1 aliphatic rings. The summed E-state index contributed by atoms with van der Waals surface area (Å²) >= 11 is 0. The van der Waals surface area contributed by atoms with Gasteiger partial charge in [-0.25, -0.2) is 0 Å². The van der Waals surface area contributed by atoms with Gasteiger partial charge in [0, 0.05) is 6.54 Å². The lowest BCUT2D eigenvalue weighted by atomic mass is 10.0. The molecule has 3 rings (SSSR count). The molecule has 0 spiro atoms. The van der Waals surface area contributed by atoms with Gasteiger partial charge in [-0.1, -0.05) is 6.07 Å². The first-order valence-electron chi connectivity index (χ1n) is 5.74. The molecular weight excluding hydrogens is 259 g/mol. The van der Waals surface area contributed by atoms with Gasteiger partial charge in [0.15, 0.2) is 0 Å². The van der Waals surface area contributed by atoms with E-state index in [0.29, 0.717) is 12.2 Å². The Bertz CT molecular complexity index is 605. The SMILES string of the molecule is FC(F)(F)c1nnnn1-c1ccc2c(c1)CNCC2. The van der Waals surface area contributed by atoms with E-state index in [1.807, 2.05) is 6.07 Å². The van der Waals surface area contributed by atoms with Crippen LogP contribution in [-0.2, 0) is 19.1 Å². The number of hydrogen-bond acceptors (Lipinski definition) is 4. The second-order valence-corrected chi connectivity index (χ2v) is 4.29. The molecule has 2 heterocycles. The standard InChI is InChI=1S/C11H10F3N5/c12-11(13,14)10-16-17-18-19(10)9-2-1-7-3-4-15-6-8(7)5-9/h1-2,5,15H,3-4,6H2. The normalized spacial score (nSPS) is 15.3. The minimum atomic E-state index is -4.57. The summed E-state index contributed by atoms with van der Waals surface area (Å²) in [5.74, 6) is -1.11. The average molecular weight is 269 g/mol. The van der Waals surface area contributed by atoms with E-state index >= 15 is 0 Å². The summed E-state index contributed by atoms with van der Waals surface area (Å²) in [5.41, 5.74) is 2.44. The molecule has 1 N–H and O–H groups in total. The van der Waals surface area contributed by atoms with Gasteiger partial charge in [0.2, 0.25) is 0 Å². The van der Waals surface area contributed by atoms with Gasteiger partial charge in [0.05, 0.1) is 5.69 Å². The number of hydrogen-bond donors (Lipinski definition) is 1. The fourth-order valence-corrected chi connectivity index (χ4v) is 2.14. The lowest BCUT2D eigenvalue weighted by molar-refractivity contribution is -0.146. The van der Waals surface area contributed by atoms with Crippen LogP contribution < -0.4 is 5.32 Å². The van der Waals surface area contributed by atoms with Gasteiger partial charge in [0.1, 0.15) is 0 Å². The summed E-state index contributed by atoms with van der Waals surface area (Å²) in [5, 5.41) is 12.7. The number of tetrazole rings is 1. The van der Waals surface area contributed by atoms with Crippen LogP contribution in [-0.4, -0.2) is 26.8 Å². The second kappa shape index (κ2) is 4.30. The third-order valence-corrected chi connectivity index (χ3v) is 3.04. The molecule has 0 bridgehead atoms. The zero-order valence-corrected chi connectivity index (χ0v) is 9.78.